The Labute approximate surface area is 178 Å². The van der Waals surface area contributed by atoms with E-state index in [1.54, 1.807) is 42.5 Å². The van der Waals surface area contributed by atoms with Crippen molar-refractivity contribution in [1.82, 2.24) is 15.8 Å². The van der Waals surface area contributed by atoms with Gasteiger partial charge in [0.2, 0.25) is 0 Å². The lowest BCUT2D eigenvalue weighted by atomic mass is 10.2. The van der Waals surface area contributed by atoms with Crippen molar-refractivity contribution in [2.75, 3.05) is 6.54 Å². The van der Waals surface area contributed by atoms with Crippen LogP contribution < -0.4 is 10.9 Å². The molecule has 29 heavy (non-hydrogen) atoms. The summed E-state index contributed by atoms with van der Waals surface area (Å²) in [4.78, 5) is 49.5. The van der Waals surface area contributed by atoms with Crippen LogP contribution in [-0.4, -0.2) is 39.5 Å². The summed E-state index contributed by atoms with van der Waals surface area (Å²) in [5.74, 6) is -2.34. The standard InChI is InChI=1S/C19H14BrN3O5S/c20-12-7-5-11(6-8-12)9-15-18(27)23(19(28)29-15)10-16(25)21-22-17(26)13-3-1-2-4-14(13)24/h1-9,24H,10H2,(H,21,25)(H,22,26). The van der Waals surface area contributed by atoms with E-state index in [0.29, 0.717) is 0 Å². The summed E-state index contributed by atoms with van der Waals surface area (Å²) in [7, 11) is 0. The van der Waals surface area contributed by atoms with Gasteiger partial charge in [-0.3, -0.25) is 34.9 Å². The molecule has 4 amide bonds. The third kappa shape index (κ3) is 5.04. The predicted molar refractivity (Wildman–Crippen MR) is 111 cm³/mol. The molecular weight excluding hydrogens is 462 g/mol. The van der Waals surface area contributed by atoms with Crippen molar-refractivity contribution in [2.24, 2.45) is 0 Å². The van der Waals surface area contributed by atoms with E-state index in [1.165, 1.54) is 12.1 Å². The highest BCUT2D eigenvalue weighted by Gasteiger charge is 2.36. The fraction of sp³-hybridized carbons (Fsp3) is 0.0526. The molecule has 0 bridgehead atoms. The Bertz CT molecular complexity index is 1020. The molecule has 3 N–H and O–H groups in total. The van der Waals surface area contributed by atoms with Gasteiger partial charge in [-0.1, -0.05) is 40.2 Å². The van der Waals surface area contributed by atoms with Gasteiger partial charge in [0.05, 0.1) is 10.5 Å². The summed E-state index contributed by atoms with van der Waals surface area (Å²) >= 11 is 4.05. The number of aromatic hydroxyl groups is 1. The van der Waals surface area contributed by atoms with E-state index in [2.05, 4.69) is 26.8 Å². The minimum atomic E-state index is -0.763. The molecule has 1 heterocycles. The van der Waals surface area contributed by atoms with Gasteiger partial charge in [0, 0.05) is 4.47 Å². The van der Waals surface area contributed by atoms with Crippen molar-refractivity contribution in [3.63, 3.8) is 0 Å². The van der Waals surface area contributed by atoms with Gasteiger partial charge >= 0.3 is 0 Å². The molecule has 1 aliphatic heterocycles. The van der Waals surface area contributed by atoms with E-state index in [9.17, 15) is 24.3 Å². The van der Waals surface area contributed by atoms with Gasteiger partial charge in [-0.05, 0) is 47.7 Å². The number of benzene rings is 2. The number of hydrogen-bond donors (Lipinski definition) is 3. The van der Waals surface area contributed by atoms with Crippen molar-refractivity contribution in [1.29, 1.82) is 0 Å². The maximum Gasteiger partial charge on any atom is 0.294 e. The Kier molecular flexibility index (Phi) is 6.35. The highest BCUT2D eigenvalue weighted by Crippen LogP contribution is 2.32. The van der Waals surface area contributed by atoms with Crippen molar-refractivity contribution in [3.05, 3.63) is 69.0 Å². The van der Waals surface area contributed by atoms with Crippen LogP contribution in [0.4, 0.5) is 4.79 Å². The van der Waals surface area contributed by atoms with Gasteiger partial charge in [-0.25, -0.2) is 0 Å². The second kappa shape index (κ2) is 8.93. The summed E-state index contributed by atoms with van der Waals surface area (Å²) in [6, 6.07) is 13.0. The minimum absolute atomic E-state index is 0.0311. The van der Waals surface area contributed by atoms with Crippen LogP contribution in [0.5, 0.6) is 5.75 Å². The molecule has 1 fully saturated rings. The first-order valence-corrected chi connectivity index (χ1v) is 9.84. The molecule has 0 radical (unpaired) electrons. The first kappa shape index (κ1) is 20.6. The number of imide groups is 1. The third-order valence-corrected chi connectivity index (χ3v) is 5.24. The molecule has 3 rings (SSSR count). The topological polar surface area (TPSA) is 116 Å². The van der Waals surface area contributed by atoms with Gasteiger partial charge in [-0.15, -0.1) is 0 Å². The van der Waals surface area contributed by atoms with Crippen LogP contribution in [0, 0.1) is 0 Å². The first-order valence-electron chi connectivity index (χ1n) is 8.23. The number of phenolic OH excluding ortho intramolecular Hbond substituents is 1. The lowest BCUT2D eigenvalue weighted by Gasteiger charge is -2.13. The zero-order valence-electron chi connectivity index (χ0n) is 14.7. The molecule has 1 saturated heterocycles. The Balaban J connectivity index is 1.59. The van der Waals surface area contributed by atoms with Gasteiger partial charge < -0.3 is 5.11 Å². The summed E-state index contributed by atoms with van der Waals surface area (Å²) in [5.41, 5.74) is 4.95. The number of para-hydroxylation sites is 1. The summed E-state index contributed by atoms with van der Waals surface area (Å²) in [6.45, 7) is -0.552. The van der Waals surface area contributed by atoms with Crippen molar-refractivity contribution < 1.29 is 24.3 Å². The minimum Gasteiger partial charge on any atom is -0.507 e. The molecule has 0 aromatic heterocycles. The quantitative estimate of drug-likeness (QED) is 0.462. The summed E-state index contributed by atoms with van der Waals surface area (Å²) < 4.78 is 0.880. The van der Waals surface area contributed by atoms with Gasteiger partial charge in [-0.2, -0.15) is 0 Å². The molecule has 0 aliphatic carbocycles. The Morgan fingerprint density at radius 1 is 1.07 bits per heavy atom. The maximum absolute atomic E-state index is 12.4. The average molecular weight is 476 g/mol. The van der Waals surface area contributed by atoms with Crippen LogP contribution in [0.25, 0.3) is 6.08 Å². The lowest BCUT2D eigenvalue weighted by molar-refractivity contribution is -0.129. The monoisotopic (exact) mass is 475 g/mol. The highest BCUT2D eigenvalue weighted by molar-refractivity contribution is 9.10. The molecular formula is C19H14BrN3O5S. The van der Waals surface area contributed by atoms with Crippen LogP contribution >= 0.6 is 27.7 Å². The van der Waals surface area contributed by atoms with Gasteiger partial charge in [0.1, 0.15) is 12.3 Å². The molecule has 0 spiro atoms. The van der Waals surface area contributed by atoms with E-state index < -0.39 is 29.5 Å². The molecule has 148 valence electrons. The molecule has 0 atom stereocenters. The SMILES string of the molecule is O=C(CN1C(=O)SC(=Cc2ccc(Br)cc2)C1=O)NNC(=O)c1ccccc1O. The second-order valence-electron chi connectivity index (χ2n) is 5.84. The zero-order chi connectivity index (χ0) is 21.0. The van der Waals surface area contributed by atoms with Crippen LogP contribution in [0.15, 0.2) is 57.9 Å². The van der Waals surface area contributed by atoms with E-state index >= 15 is 0 Å². The third-order valence-electron chi connectivity index (χ3n) is 3.81. The van der Waals surface area contributed by atoms with Crippen molar-refractivity contribution >= 4 is 56.7 Å². The van der Waals surface area contributed by atoms with E-state index in [1.807, 2.05) is 0 Å². The first-order chi connectivity index (χ1) is 13.8. The number of thioether (sulfide) groups is 1. The van der Waals surface area contributed by atoms with Gasteiger partial charge in [0.15, 0.2) is 0 Å². The zero-order valence-corrected chi connectivity index (χ0v) is 17.1. The van der Waals surface area contributed by atoms with E-state index in [4.69, 9.17) is 0 Å². The average Bonchev–Trinajstić information content (AvgIpc) is 2.95. The highest BCUT2D eigenvalue weighted by atomic mass is 79.9. The van der Waals surface area contributed by atoms with Crippen LogP contribution in [-0.2, 0) is 9.59 Å². The Morgan fingerprint density at radius 2 is 1.76 bits per heavy atom. The normalized spacial score (nSPS) is 14.9. The number of nitrogens with zero attached hydrogens (tertiary/aromatic N) is 1. The maximum atomic E-state index is 12.4. The molecule has 10 heteroatoms. The number of carbonyl (C=O) groups is 4. The Morgan fingerprint density at radius 3 is 2.45 bits per heavy atom. The lowest BCUT2D eigenvalue weighted by Crippen LogP contribution is -2.47. The number of rotatable bonds is 4. The number of carbonyl (C=O) groups excluding carboxylic acids is 4. The smallest absolute Gasteiger partial charge is 0.294 e. The van der Waals surface area contributed by atoms with E-state index in [-0.39, 0.29) is 16.2 Å². The number of hydrazine groups is 1. The van der Waals surface area contributed by atoms with Crippen LogP contribution in [0.2, 0.25) is 0 Å². The van der Waals surface area contributed by atoms with Gasteiger partial charge in [0.25, 0.3) is 23.0 Å². The fourth-order valence-corrected chi connectivity index (χ4v) is 3.49. The number of amides is 4. The molecule has 2 aromatic carbocycles. The number of halogens is 1. The largest absolute Gasteiger partial charge is 0.507 e. The molecule has 0 unspecified atom stereocenters. The predicted octanol–water partition coefficient (Wildman–Crippen LogP) is 2.65. The van der Waals surface area contributed by atoms with Crippen LogP contribution in [0.3, 0.4) is 0 Å². The second-order valence-corrected chi connectivity index (χ2v) is 7.75. The molecule has 1 aliphatic rings. The van der Waals surface area contributed by atoms with Crippen molar-refractivity contribution in [2.45, 2.75) is 0 Å². The van der Waals surface area contributed by atoms with E-state index in [0.717, 1.165) is 26.7 Å². The summed E-state index contributed by atoms with van der Waals surface area (Å²) in [6.07, 6.45) is 1.56. The number of hydrogen-bond acceptors (Lipinski definition) is 6. The molecule has 0 saturated carbocycles. The fourth-order valence-electron chi connectivity index (χ4n) is 2.39. The van der Waals surface area contributed by atoms with Crippen molar-refractivity contribution in [3.8, 4) is 5.75 Å². The summed E-state index contributed by atoms with van der Waals surface area (Å²) in [5, 5.41) is 9.05. The van der Waals surface area contributed by atoms with Crippen LogP contribution in [0.1, 0.15) is 15.9 Å². The number of nitrogens with one attached hydrogen (secondary N) is 2. The Hall–Kier alpha value is -3.11. The number of phenols is 1. The molecule has 8 nitrogen and oxygen atoms in total. The molecule has 2 aromatic rings.